The predicted octanol–water partition coefficient (Wildman–Crippen LogP) is 3.05. The molecule has 2 rings (SSSR count). The third-order valence-corrected chi connectivity index (χ3v) is 4.19. The normalized spacial score (nSPS) is 17.5. The summed E-state index contributed by atoms with van der Waals surface area (Å²) in [6, 6.07) is 0.156. The number of piperidine rings is 1. The van der Waals surface area contributed by atoms with Crippen LogP contribution in [0.2, 0.25) is 0 Å². The summed E-state index contributed by atoms with van der Waals surface area (Å²) >= 11 is 0. The van der Waals surface area contributed by atoms with E-state index in [2.05, 4.69) is 48.0 Å². The summed E-state index contributed by atoms with van der Waals surface area (Å²) in [6.45, 7) is 16.8. The average Bonchev–Trinajstić information content (AvgIpc) is 2.61. The molecule has 1 aliphatic heterocycles. The van der Waals surface area contributed by atoms with Crippen molar-refractivity contribution in [2.45, 2.75) is 85.4 Å². The average molecular weight is 397 g/mol. The molecule has 1 fully saturated rings. The fourth-order valence-electron chi connectivity index (χ4n) is 3.49. The van der Waals surface area contributed by atoms with Crippen LogP contribution < -0.4 is 26.0 Å². The Morgan fingerprint density at radius 3 is 1.39 bits per heavy atom. The summed E-state index contributed by atoms with van der Waals surface area (Å²) in [4.78, 5) is 17.3. The molecule has 0 spiro atoms. The third-order valence-electron chi connectivity index (χ3n) is 4.19. The van der Waals surface area contributed by atoms with Crippen molar-refractivity contribution < 1.29 is 0 Å². The Labute approximate surface area is 172 Å². The van der Waals surface area contributed by atoms with Gasteiger partial charge in [0.2, 0.25) is 17.8 Å². The number of hydrogen-bond donors (Lipinski definition) is 2. The summed E-state index contributed by atoms with van der Waals surface area (Å²) in [5.74, 6) is 8.18. The van der Waals surface area contributed by atoms with Crippen molar-refractivity contribution in [2.75, 3.05) is 43.0 Å². The van der Waals surface area contributed by atoms with Crippen molar-refractivity contribution in [3.63, 3.8) is 0 Å². The van der Waals surface area contributed by atoms with E-state index in [1.807, 2.05) is 65.7 Å². The highest BCUT2D eigenvalue weighted by molar-refractivity contribution is 5.45. The van der Waals surface area contributed by atoms with Crippen LogP contribution in [0.1, 0.15) is 68.2 Å². The lowest BCUT2D eigenvalue weighted by atomic mass is 9.79. The van der Waals surface area contributed by atoms with E-state index in [0.29, 0.717) is 17.8 Å². The molecule has 1 saturated heterocycles. The molecule has 8 nitrogen and oxygen atoms in total. The lowest BCUT2D eigenvalue weighted by Crippen LogP contribution is -2.63. The van der Waals surface area contributed by atoms with Gasteiger partial charge in [-0.3, -0.25) is 5.01 Å². The maximum atomic E-state index is 6.47. The lowest BCUT2D eigenvalue weighted by molar-refractivity contribution is 0.158. The zero-order chi connectivity index (χ0) is 22.3. The molecule has 28 heavy (non-hydrogen) atoms. The first-order valence-corrected chi connectivity index (χ1v) is 10.3. The number of nitrogens with two attached hydrogens (primary N) is 1. The molecule has 0 radical (unpaired) electrons. The van der Waals surface area contributed by atoms with E-state index in [4.69, 9.17) is 5.84 Å². The molecule has 0 aromatic carbocycles. The maximum Gasteiger partial charge on any atom is 0.246 e. The quantitative estimate of drug-likeness (QED) is 0.593. The first-order valence-electron chi connectivity index (χ1n) is 10.3. The molecule has 0 aliphatic carbocycles. The Kier molecular flexibility index (Phi) is 10.1. The van der Waals surface area contributed by atoms with Gasteiger partial charge in [-0.25, -0.2) is 5.84 Å². The molecule has 1 aromatic heterocycles. The van der Waals surface area contributed by atoms with E-state index >= 15 is 0 Å². The van der Waals surface area contributed by atoms with Crippen LogP contribution in [0, 0.1) is 0 Å². The molecule has 0 atom stereocenters. The summed E-state index contributed by atoms with van der Waals surface area (Å²) < 4.78 is 0. The van der Waals surface area contributed by atoms with Gasteiger partial charge < -0.3 is 15.1 Å². The first kappa shape index (κ1) is 26.3. The van der Waals surface area contributed by atoms with Crippen molar-refractivity contribution in [3.8, 4) is 0 Å². The number of rotatable bonds is 4. The number of anilines is 3. The van der Waals surface area contributed by atoms with Crippen LogP contribution in [0.4, 0.5) is 17.8 Å². The first-order chi connectivity index (χ1) is 12.9. The fourth-order valence-corrected chi connectivity index (χ4v) is 3.49. The van der Waals surface area contributed by atoms with Crippen LogP contribution >= 0.6 is 0 Å². The van der Waals surface area contributed by atoms with Gasteiger partial charge in [0.05, 0.1) is 6.04 Å². The fraction of sp³-hybridized carbons (Fsp3) is 0.850. The summed E-state index contributed by atoms with van der Waals surface area (Å²) in [7, 11) is 7.65. The van der Waals surface area contributed by atoms with Crippen molar-refractivity contribution >= 4 is 17.8 Å². The molecule has 0 unspecified atom stereocenters. The summed E-state index contributed by atoms with van der Waals surface area (Å²) in [5, 5.41) is 5.39. The van der Waals surface area contributed by atoms with Crippen LogP contribution in [0.5, 0.6) is 0 Å². The zero-order valence-electron chi connectivity index (χ0n) is 20.3. The van der Waals surface area contributed by atoms with Gasteiger partial charge in [0.15, 0.2) is 0 Å². The molecule has 0 amide bonds. The van der Waals surface area contributed by atoms with Gasteiger partial charge in [-0.2, -0.15) is 15.0 Å². The monoisotopic (exact) mass is 396 g/mol. The van der Waals surface area contributed by atoms with Crippen molar-refractivity contribution in [2.24, 2.45) is 5.84 Å². The Morgan fingerprint density at radius 1 is 0.750 bits per heavy atom. The molecule has 8 heteroatoms. The number of hydrazine groups is 1. The number of aromatic nitrogens is 3. The van der Waals surface area contributed by atoms with Gasteiger partial charge in [0.1, 0.15) is 0 Å². The van der Waals surface area contributed by atoms with E-state index in [-0.39, 0.29) is 17.1 Å². The predicted molar refractivity (Wildman–Crippen MR) is 122 cm³/mol. The SMILES string of the molecule is CC.CC.CN(C)c1nc(N(C)C)nc(N(N)C2CC(C)(C)NC(C)(C)C2)n1. The lowest BCUT2D eigenvalue weighted by Gasteiger charge is -2.48. The summed E-state index contributed by atoms with van der Waals surface area (Å²) in [5.41, 5.74) is 0.0116. The highest BCUT2D eigenvalue weighted by Crippen LogP contribution is 2.32. The van der Waals surface area contributed by atoms with Gasteiger partial charge in [-0.15, -0.1) is 0 Å². The van der Waals surface area contributed by atoms with Crippen LogP contribution in [0.25, 0.3) is 0 Å². The van der Waals surface area contributed by atoms with Crippen molar-refractivity contribution in [3.05, 3.63) is 0 Å². The van der Waals surface area contributed by atoms with E-state index in [1.54, 1.807) is 5.01 Å². The standard InChI is InChI=1S/C16H32N8.2C2H6/c1-15(2)9-11(10-16(3,4)21-15)24(17)14-19-12(22(5)6)18-13(20-14)23(7)8;2*1-2/h11,21H,9-10,17H2,1-8H3;2*1-2H3. The van der Waals surface area contributed by atoms with E-state index < -0.39 is 0 Å². The largest absolute Gasteiger partial charge is 0.347 e. The molecular weight excluding hydrogens is 352 g/mol. The second kappa shape index (κ2) is 10.8. The minimum Gasteiger partial charge on any atom is -0.347 e. The topological polar surface area (TPSA) is 86.4 Å². The number of hydrogen-bond acceptors (Lipinski definition) is 8. The van der Waals surface area contributed by atoms with Gasteiger partial charge >= 0.3 is 0 Å². The molecule has 164 valence electrons. The highest BCUT2D eigenvalue weighted by atomic mass is 15.5. The van der Waals surface area contributed by atoms with Gasteiger partial charge in [0, 0.05) is 39.3 Å². The van der Waals surface area contributed by atoms with Crippen LogP contribution in [0.15, 0.2) is 0 Å². The van der Waals surface area contributed by atoms with E-state index in [1.165, 1.54) is 0 Å². The Bertz CT molecular complexity index is 541. The molecule has 0 bridgehead atoms. The van der Waals surface area contributed by atoms with E-state index in [0.717, 1.165) is 12.8 Å². The molecule has 2 heterocycles. The zero-order valence-corrected chi connectivity index (χ0v) is 20.3. The number of nitrogens with zero attached hydrogens (tertiary/aromatic N) is 6. The smallest absolute Gasteiger partial charge is 0.246 e. The maximum absolute atomic E-state index is 6.47. The minimum absolute atomic E-state index is 0.00578. The van der Waals surface area contributed by atoms with Crippen LogP contribution in [-0.4, -0.2) is 60.3 Å². The van der Waals surface area contributed by atoms with Crippen LogP contribution in [-0.2, 0) is 0 Å². The molecule has 0 saturated carbocycles. The van der Waals surface area contributed by atoms with Crippen LogP contribution in [0.3, 0.4) is 0 Å². The number of nitrogens with one attached hydrogen (secondary N) is 1. The molecule has 1 aromatic rings. The van der Waals surface area contributed by atoms with Crippen molar-refractivity contribution in [1.29, 1.82) is 0 Å². The minimum atomic E-state index is 0.00578. The van der Waals surface area contributed by atoms with Gasteiger partial charge in [-0.05, 0) is 40.5 Å². The van der Waals surface area contributed by atoms with Gasteiger partial charge in [0.25, 0.3) is 0 Å². The highest BCUT2D eigenvalue weighted by Gasteiger charge is 2.40. The molecular formula is C20H44N8. The third kappa shape index (κ3) is 7.39. The molecule has 1 aliphatic rings. The Hall–Kier alpha value is -1.67. The second-order valence-electron chi connectivity index (χ2n) is 8.39. The van der Waals surface area contributed by atoms with Gasteiger partial charge in [-0.1, -0.05) is 27.7 Å². The second-order valence-corrected chi connectivity index (χ2v) is 8.39. The van der Waals surface area contributed by atoms with E-state index in [9.17, 15) is 0 Å². The van der Waals surface area contributed by atoms with Crippen molar-refractivity contribution in [1.82, 2.24) is 20.3 Å². The Morgan fingerprint density at radius 2 is 1.07 bits per heavy atom. The Balaban J connectivity index is 0.00000171. The summed E-state index contributed by atoms with van der Waals surface area (Å²) in [6.07, 6.45) is 1.85. The molecule has 3 N–H and O–H groups in total.